The van der Waals surface area contributed by atoms with Crippen molar-refractivity contribution in [3.63, 3.8) is 0 Å². The molecule has 0 fully saturated rings. The van der Waals surface area contributed by atoms with Crippen molar-refractivity contribution in [3.05, 3.63) is 56.9 Å². The van der Waals surface area contributed by atoms with E-state index >= 15 is 0 Å². The maximum Gasteiger partial charge on any atom is 0.332 e. The zero-order valence-corrected chi connectivity index (χ0v) is 13.5. The lowest BCUT2D eigenvalue weighted by Gasteiger charge is -2.11. The molecular formula is C17H17N3O3. The predicted molar refractivity (Wildman–Crippen MR) is 89.0 cm³/mol. The number of hydrogen-bond donors (Lipinski definition) is 0. The molecule has 0 amide bonds. The van der Waals surface area contributed by atoms with Gasteiger partial charge in [-0.2, -0.15) is 0 Å². The van der Waals surface area contributed by atoms with Gasteiger partial charge in [-0.05, 0) is 30.7 Å². The first-order valence-corrected chi connectivity index (χ1v) is 7.16. The Morgan fingerprint density at radius 1 is 1.04 bits per heavy atom. The smallest absolute Gasteiger partial charge is 0.332 e. The number of ether oxygens (including phenoxy) is 1. The van der Waals surface area contributed by atoms with Gasteiger partial charge in [-0.15, -0.1) is 0 Å². The summed E-state index contributed by atoms with van der Waals surface area (Å²) in [5.74, 6) is 0.762. The van der Waals surface area contributed by atoms with Crippen LogP contribution in [0.4, 0.5) is 0 Å². The second kappa shape index (κ2) is 5.39. The fourth-order valence-electron chi connectivity index (χ4n) is 2.65. The Kier molecular flexibility index (Phi) is 3.52. The molecule has 2 heterocycles. The largest absolute Gasteiger partial charge is 0.497 e. The summed E-state index contributed by atoms with van der Waals surface area (Å²) in [6, 6.07) is 9.35. The van der Waals surface area contributed by atoms with Crippen LogP contribution in [0.2, 0.25) is 0 Å². The summed E-state index contributed by atoms with van der Waals surface area (Å²) in [4.78, 5) is 28.9. The van der Waals surface area contributed by atoms with E-state index in [9.17, 15) is 9.59 Å². The Morgan fingerprint density at radius 2 is 1.70 bits per heavy atom. The fourth-order valence-corrected chi connectivity index (χ4v) is 2.65. The van der Waals surface area contributed by atoms with E-state index in [4.69, 9.17) is 4.74 Å². The van der Waals surface area contributed by atoms with E-state index in [0.717, 1.165) is 27.1 Å². The van der Waals surface area contributed by atoms with Gasteiger partial charge in [0.1, 0.15) is 11.4 Å². The van der Waals surface area contributed by atoms with Gasteiger partial charge in [-0.1, -0.05) is 12.1 Å². The molecule has 23 heavy (non-hydrogen) atoms. The number of rotatable bonds is 2. The van der Waals surface area contributed by atoms with Gasteiger partial charge in [0.25, 0.3) is 5.56 Å². The highest BCUT2D eigenvalue weighted by molar-refractivity contribution is 5.82. The van der Waals surface area contributed by atoms with Crippen LogP contribution in [0.15, 0.2) is 39.9 Å². The number of methoxy groups -OCH3 is 1. The number of fused-ring (bicyclic) bond motifs is 1. The van der Waals surface area contributed by atoms with Gasteiger partial charge in [0.05, 0.1) is 12.5 Å². The maximum absolute atomic E-state index is 12.4. The third kappa shape index (κ3) is 2.32. The molecule has 1 aromatic carbocycles. The molecular weight excluding hydrogens is 294 g/mol. The molecule has 3 aromatic rings. The number of aromatic nitrogens is 3. The van der Waals surface area contributed by atoms with E-state index in [1.54, 1.807) is 20.2 Å². The van der Waals surface area contributed by atoms with Crippen LogP contribution in [0, 0.1) is 6.92 Å². The third-order valence-electron chi connectivity index (χ3n) is 4.02. The Balaban J connectivity index is 2.33. The topological polar surface area (TPSA) is 66.1 Å². The highest BCUT2D eigenvalue weighted by atomic mass is 16.5. The molecule has 0 bridgehead atoms. The second-order valence-corrected chi connectivity index (χ2v) is 5.43. The molecule has 0 aliphatic carbocycles. The van der Waals surface area contributed by atoms with E-state index in [0.29, 0.717) is 11.0 Å². The average molecular weight is 311 g/mol. The standard InChI is InChI=1S/C17H17N3O3/c1-10-13(11-5-7-12(23-4)8-6-11)9-14-15(18-10)19(2)17(22)20(3)16(14)21/h5-9H,1-4H3. The maximum atomic E-state index is 12.4. The van der Waals surface area contributed by atoms with E-state index in [-0.39, 0.29) is 11.2 Å². The summed E-state index contributed by atoms with van der Waals surface area (Å²) in [6.45, 7) is 1.86. The summed E-state index contributed by atoms with van der Waals surface area (Å²) in [6.07, 6.45) is 0. The number of benzene rings is 1. The summed E-state index contributed by atoms with van der Waals surface area (Å²) in [5.41, 5.74) is 2.22. The average Bonchev–Trinajstić information content (AvgIpc) is 2.58. The van der Waals surface area contributed by atoms with Gasteiger partial charge >= 0.3 is 5.69 Å². The van der Waals surface area contributed by atoms with E-state index in [2.05, 4.69) is 4.98 Å². The Hall–Kier alpha value is -2.89. The van der Waals surface area contributed by atoms with Crippen molar-refractivity contribution in [2.24, 2.45) is 14.1 Å². The fraction of sp³-hybridized carbons (Fsp3) is 0.235. The SMILES string of the molecule is COc1ccc(-c2cc3c(=O)n(C)c(=O)n(C)c3nc2C)cc1. The lowest BCUT2D eigenvalue weighted by atomic mass is 10.0. The van der Waals surface area contributed by atoms with Crippen LogP contribution in [0.25, 0.3) is 22.2 Å². The minimum Gasteiger partial charge on any atom is -0.497 e. The molecule has 0 atom stereocenters. The predicted octanol–water partition coefficient (Wildman–Crippen LogP) is 1.62. The van der Waals surface area contributed by atoms with Gasteiger partial charge in [0.15, 0.2) is 0 Å². The lowest BCUT2D eigenvalue weighted by Crippen LogP contribution is -2.37. The Bertz CT molecular complexity index is 1010. The Morgan fingerprint density at radius 3 is 2.30 bits per heavy atom. The van der Waals surface area contributed by atoms with E-state index in [1.807, 2.05) is 31.2 Å². The first-order valence-electron chi connectivity index (χ1n) is 7.16. The normalized spacial score (nSPS) is 11.0. The first-order chi connectivity index (χ1) is 10.9. The first kappa shape index (κ1) is 15.0. The molecule has 0 aliphatic rings. The van der Waals surface area contributed by atoms with Crippen LogP contribution < -0.4 is 16.0 Å². The second-order valence-electron chi connectivity index (χ2n) is 5.43. The highest BCUT2D eigenvalue weighted by Crippen LogP contribution is 2.26. The van der Waals surface area contributed by atoms with Crippen LogP contribution in [0.5, 0.6) is 5.75 Å². The number of pyridine rings is 1. The number of nitrogens with zero attached hydrogens (tertiary/aromatic N) is 3. The van der Waals surface area contributed by atoms with Gasteiger partial charge < -0.3 is 4.74 Å². The van der Waals surface area contributed by atoms with Crippen molar-refractivity contribution in [2.75, 3.05) is 7.11 Å². The molecule has 6 heteroatoms. The molecule has 0 unspecified atom stereocenters. The van der Waals surface area contributed by atoms with Crippen molar-refractivity contribution in [2.45, 2.75) is 6.92 Å². The molecule has 6 nitrogen and oxygen atoms in total. The molecule has 0 saturated carbocycles. The Labute approximate surface area is 132 Å². The third-order valence-corrected chi connectivity index (χ3v) is 4.02. The van der Waals surface area contributed by atoms with Crippen LogP contribution in [0.1, 0.15) is 5.69 Å². The minimum atomic E-state index is -0.383. The zero-order valence-electron chi connectivity index (χ0n) is 13.5. The molecule has 0 radical (unpaired) electrons. The molecule has 0 saturated heterocycles. The van der Waals surface area contributed by atoms with Gasteiger partial charge in [-0.25, -0.2) is 9.78 Å². The van der Waals surface area contributed by atoms with Gasteiger partial charge in [0.2, 0.25) is 0 Å². The summed E-state index contributed by atoms with van der Waals surface area (Å²) < 4.78 is 7.65. The van der Waals surface area contributed by atoms with Crippen molar-refractivity contribution in [1.82, 2.24) is 14.1 Å². The van der Waals surface area contributed by atoms with Crippen LogP contribution in [-0.2, 0) is 14.1 Å². The van der Waals surface area contributed by atoms with Gasteiger partial charge in [-0.3, -0.25) is 13.9 Å². The molecule has 0 aliphatic heterocycles. The highest BCUT2D eigenvalue weighted by Gasteiger charge is 2.13. The molecule has 3 rings (SSSR count). The minimum absolute atomic E-state index is 0.342. The zero-order chi connectivity index (χ0) is 16.7. The van der Waals surface area contributed by atoms with Crippen LogP contribution >= 0.6 is 0 Å². The van der Waals surface area contributed by atoms with Crippen molar-refractivity contribution >= 4 is 11.0 Å². The number of aryl methyl sites for hydroxylation is 2. The van der Waals surface area contributed by atoms with E-state index in [1.165, 1.54) is 11.6 Å². The molecule has 118 valence electrons. The quantitative estimate of drug-likeness (QED) is 0.721. The van der Waals surface area contributed by atoms with Crippen molar-refractivity contribution in [3.8, 4) is 16.9 Å². The summed E-state index contributed by atoms with van der Waals surface area (Å²) in [5, 5.41) is 0.422. The summed E-state index contributed by atoms with van der Waals surface area (Å²) >= 11 is 0. The number of hydrogen-bond acceptors (Lipinski definition) is 4. The van der Waals surface area contributed by atoms with Gasteiger partial charge in [0, 0.05) is 25.4 Å². The summed E-state index contributed by atoms with van der Waals surface area (Å²) in [7, 11) is 4.70. The van der Waals surface area contributed by atoms with Crippen LogP contribution in [0.3, 0.4) is 0 Å². The monoisotopic (exact) mass is 311 g/mol. The van der Waals surface area contributed by atoms with Crippen LogP contribution in [-0.4, -0.2) is 21.2 Å². The molecule has 0 N–H and O–H groups in total. The molecule has 2 aromatic heterocycles. The van der Waals surface area contributed by atoms with Crippen molar-refractivity contribution < 1.29 is 4.74 Å². The lowest BCUT2D eigenvalue weighted by molar-refractivity contribution is 0.415. The molecule has 0 spiro atoms. The van der Waals surface area contributed by atoms with E-state index < -0.39 is 0 Å². The van der Waals surface area contributed by atoms with Crippen molar-refractivity contribution in [1.29, 1.82) is 0 Å².